The Morgan fingerprint density at radius 1 is 1.19 bits per heavy atom. The molecule has 5 nitrogen and oxygen atoms in total. The Kier molecular flexibility index (Phi) is 4.23. The topological polar surface area (TPSA) is 66.6 Å². The predicted octanol–water partition coefficient (Wildman–Crippen LogP) is 3.47. The highest BCUT2D eigenvalue weighted by molar-refractivity contribution is 5.68. The molecule has 0 aromatic heterocycles. The maximum absolute atomic E-state index is 10.9. The summed E-state index contributed by atoms with van der Waals surface area (Å²) in [7, 11) is 1.90. The van der Waals surface area contributed by atoms with E-state index in [0.29, 0.717) is 5.56 Å². The molecule has 0 aliphatic rings. The molecule has 0 aliphatic carbocycles. The maximum Gasteiger partial charge on any atom is 0.275 e. The van der Waals surface area contributed by atoms with Gasteiger partial charge in [0.25, 0.3) is 5.69 Å². The van der Waals surface area contributed by atoms with Gasteiger partial charge in [-0.05, 0) is 37.6 Å². The fourth-order valence-corrected chi connectivity index (χ4v) is 2.41. The molecule has 21 heavy (non-hydrogen) atoms. The second-order valence-electron chi connectivity index (χ2n) is 5.08. The van der Waals surface area contributed by atoms with Crippen LogP contribution >= 0.6 is 0 Å². The second kappa shape index (κ2) is 5.93. The zero-order valence-electron chi connectivity index (χ0n) is 12.3. The van der Waals surface area contributed by atoms with E-state index in [1.165, 1.54) is 11.6 Å². The van der Waals surface area contributed by atoms with Crippen molar-refractivity contribution in [3.63, 3.8) is 0 Å². The molecule has 0 radical (unpaired) electrons. The molecule has 2 rings (SSSR count). The number of aliphatic hydroxyl groups is 1. The van der Waals surface area contributed by atoms with E-state index in [1.54, 1.807) is 12.1 Å². The first-order valence-electron chi connectivity index (χ1n) is 6.63. The minimum atomic E-state index is -0.480. The van der Waals surface area contributed by atoms with Gasteiger partial charge in [0.15, 0.2) is 0 Å². The van der Waals surface area contributed by atoms with Crippen LogP contribution in [0.25, 0.3) is 0 Å². The van der Waals surface area contributed by atoms with Crippen molar-refractivity contribution in [1.82, 2.24) is 0 Å². The van der Waals surface area contributed by atoms with Crippen molar-refractivity contribution in [3.8, 4) is 0 Å². The smallest absolute Gasteiger partial charge is 0.275 e. The van der Waals surface area contributed by atoms with Crippen molar-refractivity contribution in [3.05, 3.63) is 63.2 Å². The summed E-state index contributed by atoms with van der Waals surface area (Å²) in [6.45, 7) is 3.70. The highest BCUT2D eigenvalue weighted by Gasteiger charge is 2.15. The molecule has 0 amide bonds. The third-order valence-electron chi connectivity index (χ3n) is 3.53. The number of aryl methyl sites for hydroxylation is 2. The Labute approximate surface area is 123 Å². The van der Waals surface area contributed by atoms with Crippen LogP contribution < -0.4 is 4.90 Å². The lowest BCUT2D eigenvalue weighted by Crippen LogP contribution is -2.11. The minimum Gasteiger partial charge on any atom is -0.391 e. The van der Waals surface area contributed by atoms with Gasteiger partial charge in [-0.2, -0.15) is 0 Å². The van der Waals surface area contributed by atoms with Crippen molar-refractivity contribution in [2.45, 2.75) is 20.5 Å². The fourth-order valence-electron chi connectivity index (χ4n) is 2.41. The Morgan fingerprint density at radius 2 is 1.90 bits per heavy atom. The van der Waals surface area contributed by atoms with Crippen molar-refractivity contribution in [1.29, 1.82) is 0 Å². The van der Waals surface area contributed by atoms with Gasteiger partial charge in [0, 0.05) is 24.5 Å². The molecule has 110 valence electrons. The van der Waals surface area contributed by atoms with Crippen LogP contribution in [0.2, 0.25) is 0 Å². The lowest BCUT2D eigenvalue weighted by Gasteiger charge is -2.22. The number of nitro benzene ring substituents is 1. The molecule has 0 bridgehead atoms. The van der Waals surface area contributed by atoms with Gasteiger partial charge in [-0.25, -0.2) is 0 Å². The van der Waals surface area contributed by atoms with Crippen LogP contribution in [-0.4, -0.2) is 17.1 Å². The lowest BCUT2D eigenvalue weighted by atomic mass is 10.1. The van der Waals surface area contributed by atoms with Crippen molar-refractivity contribution in [2.75, 3.05) is 11.9 Å². The number of benzene rings is 2. The van der Waals surface area contributed by atoms with Crippen molar-refractivity contribution < 1.29 is 10.0 Å². The van der Waals surface area contributed by atoms with E-state index in [9.17, 15) is 15.2 Å². The average Bonchev–Trinajstić information content (AvgIpc) is 2.45. The molecule has 0 atom stereocenters. The van der Waals surface area contributed by atoms with E-state index in [0.717, 1.165) is 16.9 Å². The fraction of sp³-hybridized carbons (Fsp3) is 0.250. The van der Waals surface area contributed by atoms with E-state index in [4.69, 9.17) is 0 Å². The van der Waals surface area contributed by atoms with Crippen LogP contribution in [0, 0.1) is 24.0 Å². The third-order valence-corrected chi connectivity index (χ3v) is 3.53. The molecule has 0 saturated heterocycles. The highest BCUT2D eigenvalue weighted by Crippen LogP contribution is 2.30. The Balaban J connectivity index is 2.43. The molecule has 0 spiro atoms. The number of hydrogen-bond acceptors (Lipinski definition) is 4. The monoisotopic (exact) mass is 286 g/mol. The van der Waals surface area contributed by atoms with Gasteiger partial charge in [-0.1, -0.05) is 17.7 Å². The third kappa shape index (κ3) is 3.03. The number of nitrogens with zero attached hydrogens (tertiary/aromatic N) is 2. The van der Waals surface area contributed by atoms with E-state index in [2.05, 4.69) is 6.07 Å². The number of anilines is 2. The molecule has 0 saturated carbocycles. The lowest BCUT2D eigenvalue weighted by molar-refractivity contribution is -0.385. The molecule has 0 aliphatic heterocycles. The summed E-state index contributed by atoms with van der Waals surface area (Å²) >= 11 is 0. The standard InChI is InChI=1S/C16H18N2O3/c1-11-4-6-15(12(2)8-11)17(3)14-5-7-16(18(20)21)13(9-14)10-19/h4-9,19H,10H2,1-3H3. The first kappa shape index (κ1) is 15.0. The molecule has 2 aromatic carbocycles. The Hall–Kier alpha value is -2.40. The molecular weight excluding hydrogens is 268 g/mol. The quantitative estimate of drug-likeness (QED) is 0.690. The highest BCUT2D eigenvalue weighted by atomic mass is 16.6. The van der Waals surface area contributed by atoms with Crippen LogP contribution in [-0.2, 0) is 6.61 Å². The van der Waals surface area contributed by atoms with E-state index >= 15 is 0 Å². The molecule has 0 unspecified atom stereocenters. The van der Waals surface area contributed by atoms with Gasteiger partial charge in [0.05, 0.1) is 17.1 Å². The molecule has 2 aromatic rings. The van der Waals surface area contributed by atoms with Gasteiger partial charge in [-0.3, -0.25) is 10.1 Å². The summed E-state index contributed by atoms with van der Waals surface area (Å²) in [5.41, 5.74) is 4.39. The summed E-state index contributed by atoms with van der Waals surface area (Å²) in [6, 6.07) is 10.9. The van der Waals surface area contributed by atoms with Crippen LogP contribution in [0.1, 0.15) is 16.7 Å². The molecular formula is C16H18N2O3. The van der Waals surface area contributed by atoms with Crippen LogP contribution in [0.15, 0.2) is 36.4 Å². The largest absolute Gasteiger partial charge is 0.391 e. The normalized spacial score (nSPS) is 10.5. The number of nitro groups is 1. The second-order valence-corrected chi connectivity index (χ2v) is 5.08. The van der Waals surface area contributed by atoms with Crippen LogP contribution in [0.5, 0.6) is 0 Å². The molecule has 1 N–H and O–H groups in total. The van der Waals surface area contributed by atoms with E-state index in [-0.39, 0.29) is 12.3 Å². The van der Waals surface area contributed by atoms with E-state index < -0.39 is 4.92 Å². The predicted molar refractivity (Wildman–Crippen MR) is 83.0 cm³/mol. The van der Waals surface area contributed by atoms with Gasteiger partial charge in [0.2, 0.25) is 0 Å². The summed E-state index contributed by atoms with van der Waals surface area (Å²) in [5.74, 6) is 0. The Bertz CT molecular complexity index is 683. The van der Waals surface area contributed by atoms with Gasteiger partial charge in [0.1, 0.15) is 0 Å². The minimum absolute atomic E-state index is 0.0599. The summed E-state index contributed by atoms with van der Waals surface area (Å²) in [4.78, 5) is 12.4. The zero-order valence-corrected chi connectivity index (χ0v) is 12.3. The van der Waals surface area contributed by atoms with Crippen LogP contribution in [0.4, 0.5) is 17.1 Å². The first-order chi connectivity index (χ1) is 9.93. The number of rotatable bonds is 4. The average molecular weight is 286 g/mol. The zero-order chi connectivity index (χ0) is 15.6. The van der Waals surface area contributed by atoms with Gasteiger partial charge >= 0.3 is 0 Å². The summed E-state index contributed by atoms with van der Waals surface area (Å²) < 4.78 is 0. The van der Waals surface area contributed by atoms with Gasteiger partial charge in [-0.15, -0.1) is 0 Å². The van der Waals surface area contributed by atoms with Crippen molar-refractivity contribution >= 4 is 17.1 Å². The summed E-state index contributed by atoms with van der Waals surface area (Å²) in [5, 5.41) is 20.2. The molecule has 5 heteroatoms. The van der Waals surface area contributed by atoms with Gasteiger partial charge < -0.3 is 10.0 Å². The Morgan fingerprint density at radius 3 is 2.48 bits per heavy atom. The van der Waals surface area contributed by atoms with Crippen LogP contribution in [0.3, 0.4) is 0 Å². The van der Waals surface area contributed by atoms with E-state index in [1.807, 2.05) is 37.9 Å². The molecule has 0 heterocycles. The van der Waals surface area contributed by atoms with Crippen molar-refractivity contribution in [2.24, 2.45) is 0 Å². The molecule has 0 fully saturated rings. The maximum atomic E-state index is 10.9. The first-order valence-corrected chi connectivity index (χ1v) is 6.63. The number of aliphatic hydroxyl groups excluding tert-OH is 1. The SMILES string of the molecule is Cc1ccc(N(C)c2ccc([N+](=O)[O-])c(CO)c2)c(C)c1. The summed E-state index contributed by atoms with van der Waals surface area (Å²) in [6.07, 6.45) is 0. The number of hydrogen-bond donors (Lipinski definition) is 1.